The van der Waals surface area contributed by atoms with Gasteiger partial charge in [0.05, 0.1) is 4.90 Å². The van der Waals surface area contributed by atoms with Gasteiger partial charge in [-0.2, -0.15) is 0 Å². The van der Waals surface area contributed by atoms with Crippen LogP contribution in [0.15, 0.2) is 23.1 Å². The van der Waals surface area contributed by atoms with Crippen LogP contribution in [0.25, 0.3) is 0 Å². The number of halogens is 1. The fraction of sp³-hybridized carbons (Fsp3) is 0.500. The van der Waals surface area contributed by atoms with Crippen LogP contribution in [0.5, 0.6) is 0 Å². The minimum absolute atomic E-state index is 0.0215. The topological polar surface area (TPSA) is 58.2 Å². The zero-order valence-electron chi connectivity index (χ0n) is 11.0. The van der Waals surface area contributed by atoms with Gasteiger partial charge in [-0.3, -0.25) is 0 Å². The standard InChI is InChI=1S/C12H19FN2O2S/c1-12(2,3)15-18(16,17)11-7-10(13)6-5-9(11)8-14-4/h5-7,14-15H,8H2,1-4H3. The lowest BCUT2D eigenvalue weighted by Crippen LogP contribution is -2.41. The Morgan fingerprint density at radius 3 is 2.39 bits per heavy atom. The van der Waals surface area contributed by atoms with Crippen molar-refractivity contribution in [2.24, 2.45) is 0 Å². The molecular weight excluding hydrogens is 255 g/mol. The van der Waals surface area contributed by atoms with Crippen LogP contribution in [0.3, 0.4) is 0 Å². The molecule has 1 rings (SSSR count). The second kappa shape index (κ2) is 5.34. The van der Waals surface area contributed by atoms with Gasteiger partial charge in [0.15, 0.2) is 0 Å². The summed E-state index contributed by atoms with van der Waals surface area (Å²) in [5.74, 6) is -0.566. The molecule has 0 amide bonds. The molecule has 1 aromatic carbocycles. The van der Waals surface area contributed by atoms with Gasteiger partial charge >= 0.3 is 0 Å². The molecule has 6 heteroatoms. The van der Waals surface area contributed by atoms with Gasteiger partial charge in [-0.05, 0) is 45.5 Å². The molecule has 0 aromatic heterocycles. The molecule has 0 radical (unpaired) electrons. The molecule has 4 nitrogen and oxygen atoms in total. The van der Waals surface area contributed by atoms with Crippen LogP contribution < -0.4 is 10.0 Å². The molecule has 0 unspecified atom stereocenters. The molecule has 0 aliphatic carbocycles. The number of rotatable bonds is 4. The Morgan fingerprint density at radius 2 is 1.89 bits per heavy atom. The summed E-state index contributed by atoms with van der Waals surface area (Å²) in [6.45, 7) is 5.57. The lowest BCUT2D eigenvalue weighted by molar-refractivity contribution is 0.490. The Labute approximate surface area is 108 Å². The number of hydrogen-bond donors (Lipinski definition) is 2. The Balaban J connectivity index is 3.26. The van der Waals surface area contributed by atoms with Crippen LogP contribution in [0.4, 0.5) is 4.39 Å². The van der Waals surface area contributed by atoms with Gasteiger partial charge in [-0.15, -0.1) is 0 Å². The van der Waals surface area contributed by atoms with E-state index in [4.69, 9.17) is 0 Å². The van der Waals surface area contributed by atoms with Crippen molar-refractivity contribution in [1.82, 2.24) is 10.0 Å². The van der Waals surface area contributed by atoms with E-state index in [1.165, 1.54) is 12.1 Å². The Bertz CT molecular complexity index is 521. The summed E-state index contributed by atoms with van der Waals surface area (Å²) in [5.41, 5.74) is -0.0714. The average Bonchev–Trinajstić information content (AvgIpc) is 2.17. The van der Waals surface area contributed by atoms with Crippen molar-refractivity contribution >= 4 is 10.0 Å². The summed E-state index contributed by atoms with van der Waals surface area (Å²) in [6.07, 6.45) is 0. The molecule has 0 aliphatic rings. The number of benzene rings is 1. The highest BCUT2D eigenvalue weighted by molar-refractivity contribution is 7.89. The molecule has 0 saturated carbocycles. The van der Waals surface area contributed by atoms with Crippen molar-refractivity contribution in [3.63, 3.8) is 0 Å². The third-order valence-electron chi connectivity index (χ3n) is 2.13. The highest BCUT2D eigenvalue weighted by Gasteiger charge is 2.24. The molecular formula is C12H19FN2O2S. The first kappa shape index (κ1) is 15.1. The van der Waals surface area contributed by atoms with Crippen LogP contribution in [0, 0.1) is 5.82 Å². The minimum Gasteiger partial charge on any atom is -0.316 e. The summed E-state index contributed by atoms with van der Waals surface area (Å²) in [6, 6.07) is 3.77. The smallest absolute Gasteiger partial charge is 0.241 e. The monoisotopic (exact) mass is 274 g/mol. The second-order valence-corrected chi connectivity index (χ2v) is 6.79. The van der Waals surface area contributed by atoms with Gasteiger partial charge in [0.2, 0.25) is 10.0 Å². The van der Waals surface area contributed by atoms with E-state index < -0.39 is 21.4 Å². The maximum Gasteiger partial charge on any atom is 0.241 e. The summed E-state index contributed by atoms with van der Waals surface area (Å²) < 4.78 is 40.1. The van der Waals surface area contributed by atoms with Crippen LogP contribution in [0.2, 0.25) is 0 Å². The molecule has 0 aliphatic heterocycles. The minimum atomic E-state index is -3.72. The van der Waals surface area contributed by atoms with Crippen molar-refractivity contribution < 1.29 is 12.8 Å². The number of nitrogens with one attached hydrogen (secondary N) is 2. The van der Waals surface area contributed by atoms with Crippen molar-refractivity contribution in [2.75, 3.05) is 7.05 Å². The third kappa shape index (κ3) is 4.04. The Morgan fingerprint density at radius 1 is 1.28 bits per heavy atom. The predicted molar refractivity (Wildman–Crippen MR) is 69.2 cm³/mol. The zero-order valence-corrected chi connectivity index (χ0v) is 11.9. The van der Waals surface area contributed by atoms with E-state index in [2.05, 4.69) is 10.0 Å². The first-order valence-corrected chi connectivity index (χ1v) is 7.11. The van der Waals surface area contributed by atoms with Crippen molar-refractivity contribution in [2.45, 2.75) is 37.8 Å². The van der Waals surface area contributed by atoms with Crippen molar-refractivity contribution in [3.8, 4) is 0 Å². The zero-order chi connectivity index (χ0) is 14.0. The lowest BCUT2D eigenvalue weighted by Gasteiger charge is -2.21. The van der Waals surface area contributed by atoms with Crippen molar-refractivity contribution in [3.05, 3.63) is 29.6 Å². The molecule has 18 heavy (non-hydrogen) atoms. The largest absolute Gasteiger partial charge is 0.316 e. The molecule has 0 fully saturated rings. The van der Waals surface area contributed by atoms with E-state index >= 15 is 0 Å². The maximum absolute atomic E-state index is 13.2. The highest BCUT2D eigenvalue weighted by atomic mass is 32.2. The van der Waals surface area contributed by atoms with Gasteiger partial charge in [-0.25, -0.2) is 17.5 Å². The summed E-state index contributed by atoms with van der Waals surface area (Å²) in [7, 11) is -2.02. The quantitative estimate of drug-likeness (QED) is 0.877. The third-order valence-corrected chi connectivity index (χ3v) is 3.97. The molecule has 0 heterocycles. The average molecular weight is 274 g/mol. The summed E-state index contributed by atoms with van der Waals surface area (Å²) >= 11 is 0. The van der Waals surface area contributed by atoms with Gasteiger partial charge in [0, 0.05) is 12.1 Å². The van der Waals surface area contributed by atoms with Crippen LogP contribution in [-0.2, 0) is 16.6 Å². The van der Waals surface area contributed by atoms with E-state index in [0.717, 1.165) is 6.07 Å². The van der Waals surface area contributed by atoms with E-state index in [0.29, 0.717) is 12.1 Å². The highest BCUT2D eigenvalue weighted by Crippen LogP contribution is 2.19. The Kier molecular flexibility index (Phi) is 4.47. The van der Waals surface area contributed by atoms with Gasteiger partial charge < -0.3 is 5.32 Å². The summed E-state index contributed by atoms with van der Waals surface area (Å²) in [5, 5.41) is 2.86. The maximum atomic E-state index is 13.2. The van der Waals surface area contributed by atoms with Crippen LogP contribution in [-0.4, -0.2) is 21.0 Å². The fourth-order valence-corrected chi connectivity index (χ4v) is 3.24. The van der Waals surface area contributed by atoms with Crippen LogP contribution in [0.1, 0.15) is 26.3 Å². The SMILES string of the molecule is CNCc1ccc(F)cc1S(=O)(=O)NC(C)(C)C. The molecule has 102 valence electrons. The van der Waals surface area contributed by atoms with E-state index in [1.807, 2.05) is 0 Å². The first-order valence-electron chi connectivity index (χ1n) is 5.63. The van der Waals surface area contributed by atoms with E-state index in [1.54, 1.807) is 27.8 Å². The van der Waals surface area contributed by atoms with Crippen LogP contribution >= 0.6 is 0 Å². The Hall–Kier alpha value is -0.980. The molecule has 0 spiro atoms. The molecule has 0 saturated heterocycles. The lowest BCUT2D eigenvalue weighted by atomic mass is 10.1. The molecule has 1 aromatic rings. The normalized spacial score (nSPS) is 12.7. The summed E-state index contributed by atoms with van der Waals surface area (Å²) in [4.78, 5) is -0.0215. The van der Waals surface area contributed by atoms with E-state index in [-0.39, 0.29) is 4.90 Å². The second-order valence-electron chi connectivity index (χ2n) is 5.14. The van der Waals surface area contributed by atoms with Gasteiger partial charge in [0.1, 0.15) is 5.82 Å². The fourth-order valence-electron chi connectivity index (χ4n) is 1.57. The molecule has 0 bridgehead atoms. The number of hydrogen-bond acceptors (Lipinski definition) is 3. The molecule has 0 atom stereocenters. The van der Waals surface area contributed by atoms with Gasteiger partial charge in [-0.1, -0.05) is 6.07 Å². The van der Waals surface area contributed by atoms with Crippen molar-refractivity contribution in [1.29, 1.82) is 0 Å². The first-order chi connectivity index (χ1) is 8.15. The predicted octanol–water partition coefficient (Wildman–Crippen LogP) is 1.62. The molecule has 2 N–H and O–H groups in total. The number of sulfonamides is 1. The van der Waals surface area contributed by atoms with E-state index in [9.17, 15) is 12.8 Å². The van der Waals surface area contributed by atoms with Gasteiger partial charge in [0.25, 0.3) is 0 Å².